The second-order valence-electron chi connectivity index (χ2n) is 6.41. The molecule has 0 amide bonds. The van der Waals surface area contributed by atoms with Crippen LogP contribution < -0.4 is 4.74 Å². The number of likely N-dealkylation sites (tertiary alicyclic amines) is 1. The van der Waals surface area contributed by atoms with Gasteiger partial charge in [0.2, 0.25) is 0 Å². The van der Waals surface area contributed by atoms with Crippen molar-refractivity contribution in [1.82, 2.24) is 4.90 Å². The molecule has 26 heavy (non-hydrogen) atoms. The van der Waals surface area contributed by atoms with Gasteiger partial charge in [-0.25, -0.2) is 0 Å². The molecule has 0 radical (unpaired) electrons. The van der Waals surface area contributed by atoms with Crippen molar-refractivity contribution in [3.05, 3.63) is 65.7 Å². The summed E-state index contributed by atoms with van der Waals surface area (Å²) in [6.45, 7) is 1.97. The van der Waals surface area contributed by atoms with Crippen LogP contribution >= 0.6 is 0 Å². The highest BCUT2D eigenvalue weighted by atomic mass is 16.5. The SMILES string of the molecule is COC(=O)[C@@H]1[C@@H](OCc2ccccc2)CCN1Cc1ccc(OC)cc1. The van der Waals surface area contributed by atoms with Gasteiger partial charge in [0, 0.05) is 13.1 Å². The van der Waals surface area contributed by atoms with Crippen LogP contribution in [0.5, 0.6) is 5.75 Å². The van der Waals surface area contributed by atoms with Gasteiger partial charge in [-0.15, -0.1) is 0 Å². The molecule has 2 aromatic carbocycles. The molecule has 138 valence electrons. The van der Waals surface area contributed by atoms with Crippen molar-refractivity contribution in [2.24, 2.45) is 0 Å². The fourth-order valence-corrected chi connectivity index (χ4v) is 3.34. The number of carbonyl (C=O) groups excluding carboxylic acids is 1. The zero-order valence-electron chi connectivity index (χ0n) is 15.3. The lowest BCUT2D eigenvalue weighted by Crippen LogP contribution is -2.43. The highest BCUT2D eigenvalue weighted by molar-refractivity contribution is 5.77. The molecule has 3 rings (SSSR count). The van der Waals surface area contributed by atoms with Crippen molar-refractivity contribution in [3.8, 4) is 5.75 Å². The Morgan fingerprint density at radius 2 is 1.77 bits per heavy atom. The minimum absolute atomic E-state index is 0.166. The molecule has 1 heterocycles. The Morgan fingerprint density at radius 1 is 1.04 bits per heavy atom. The Kier molecular flexibility index (Phi) is 6.26. The number of esters is 1. The number of methoxy groups -OCH3 is 2. The predicted molar refractivity (Wildman–Crippen MR) is 98.8 cm³/mol. The van der Waals surface area contributed by atoms with Gasteiger partial charge in [0.15, 0.2) is 0 Å². The lowest BCUT2D eigenvalue weighted by Gasteiger charge is -2.26. The summed E-state index contributed by atoms with van der Waals surface area (Å²) in [7, 11) is 3.08. The van der Waals surface area contributed by atoms with Crippen molar-refractivity contribution >= 4 is 5.97 Å². The van der Waals surface area contributed by atoms with Gasteiger partial charge in [-0.1, -0.05) is 42.5 Å². The first-order chi connectivity index (χ1) is 12.7. The number of hydrogen-bond donors (Lipinski definition) is 0. The normalized spacial score (nSPS) is 20.1. The third kappa shape index (κ3) is 4.42. The molecular weight excluding hydrogens is 330 g/mol. The number of rotatable bonds is 7. The molecule has 0 aliphatic carbocycles. The lowest BCUT2D eigenvalue weighted by molar-refractivity contribution is -0.150. The van der Waals surface area contributed by atoms with Gasteiger partial charge < -0.3 is 14.2 Å². The molecule has 0 aromatic heterocycles. The largest absolute Gasteiger partial charge is 0.497 e. The fourth-order valence-electron chi connectivity index (χ4n) is 3.34. The maximum absolute atomic E-state index is 12.4. The first-order valence-corrected chi connectivity index (χ1v) is 8.81. The van der Waals surface area contributed by atoms with Gasteiger partial charge in [-0.3, -0.25) is 9.69 Å². The minimum Gasteiger partial charge on any atom is -0.497 e. The Morgan fingerprint density at radius 3 is 2.42 bits per heavy atom. The predicted octanol–water partition coefficient (Wildman–Crippen LogP) is 3.03. The lowest BCUT2D eigenvalue weighted by atomic mass is 10.1. The first-order valence-electron chi connectivity index (χ1n) is 8.81. The molecule has 0 saturated carbocycles. The number of nitrogens with zero attached hydrogens (tertiary/aromatic N) is 1. The highest BCUT2D eigenvalue weighted by Gasteiger charge is 2.40. The molecule has 1 aliphatic heterocycles. The van der Waals surface area contributed by atoms with Crippen molar-refractivity contribution < 1.29 is 19.0 Å². The summed E-state index contributed by atoms with van der Waals surface area (Å²) in [4.78, 5) is 14.5. The van der Waals surface area contributed by atoms with E-state index in [0.29, 0.717) is 13.2 Å². The van der Waals surface area contributed by atoms with Gasteiger partial charge in [-0.2, -0.15) is 0 Å². The molecule has 5 nitrogen and oxygen atoms in total. The van der Waals surface area contributed by atoms with E-state index in [2.05, 4.69) is 4.90 Å². The van der Waals surface area contributed by atoms with Crippen molar-refractivity contribution in [1.29, 1.82) is 0 Å². The smallest absolute Gasteiger partial charge is 0.325 e. The summed E-state index contributed by atoms with van der Waals surface area (Å²) in [5.74, 6) is 0.581. The topological polar surface area (TPSA) is 48.0 Å². The average Bonchev–Trinajstić information content (AvgIpc) is 3.09. The van der Waals surface area contributed by atoms with E-state index in [0.717, 1.165) is 29.8 Å². The molecule has 5 heteroatoms. The van der Waals surface area contributed by atoms with Crippen LogP contribution in [0.3, 0.4) is 0 Å². The van der Waals surface area contributed by atoms with Crippen LogP contribution in [0.15, 0.2) is 54.6 Å². The molecule has 1 saturated heterocycles. The third-order valence-corrected chi connectivity index (χ3v) is 4.74. The first kappa shape index (κ1) is 18.4. The van der Waals surface area contributed by atoms with Crippen LogP contribution in [0.1, 0.15) is 17.5 Å². The van der Waals surface area contributed by atoms with Crippen LogP contribution in [0.2, 0.25) is 0 Å². The van der Waals surface area contributed by atoms with Crippen LogP contribution in [0.4, 0.5) is 0 Å². The standard InChI is InChI=1S/C21H25NO4/c1-24-18-10-8-16(9-11-18)14-22-13-12-19(20(22)21(23)25-2)26-15-17-6-4-3-5-7-17/h3-11,19-20H,12-15H2,1-2H3/t19-,20-/m0/s1. The summed E-state index contributed by atoms with van der Waals surface area (Å²) in [6, 6.07) is 17.5. The van der Waals surface area contributed by atoms with E-state index in [1.54, 1.807) is 7.11 Å². The maximum Gasteiger partial charge on any atom is 0.325 e. The molecule has 2 aromatic rings. The number of benzene rings is 2. The second kappa shape index (κ2) is 8.83. The van der Waals surface area contributed by atoms with E-state index >= 15 is 0 Å². The van der Waals surface area contributed by atoms with E-state index in [9.17, 15) is 4.79 Å². The molecule has 1 fully saturated rings. The maximum atomic E-state index is 12.4. The number of carbonyl (C=O) groups is 1. The zero-order valence-corrected chi connectivity index (χ0v) is 15.3. The molecule has 0 spiro atoms. The molecule has 0 bridgehead atoms. The fraction of sp³-hybridized carbons (Fsp3) is 0.381. The Hall–Kier alpha value is -2.37. The summed E-state index contributed by atoms with van der Waals surface area (Å²) in [5, 5.41) is 0. The Labute approximate surface area is 154 Å². The van der Waals surface area contributed by atoms with Gasteiger partial charge >= 0.3 is 5.97 Å². The zero-order chi connectivity index (χ0) is 18.4. The second-order valence-corrected chi connectivity index (χ2v) is 6.41. The Balaban J connectivity index is 1.66. The molecule has 2 atom stereocenters. The summed E-state index contributed by atoms with van der Waals surface area (Å²) in [6.07, 6.45) is 0.642. The van der Waals surface area contributed by atoms with E-state index in [1.807, 2.05) is 54.6 Å². The van der Waals surface area contributed by atoms with Gasteiger partial charge in [-0.05, 0) is 29.7 Å². The monoisotopic (exact) mass is 355 g/mol. The molecule has 0 N–H and O–H groups in total. The van der Waals surface area contributed by atoms with E-state index in [4.69, 9.17) is 14.2 Å². The average molecular weight is 355 g/mol. The third-order valence-electron chi connectivity index (χ3n) is 4.74. The van der Waals surface area contributed by atoms with Gasteiger partial charge in [0.05, 0.1) is 26.9 Å². The van der Waals surface area contributed by atoms with Crippen molar-refractivity contribution in [2.75, 3.05) is 20.8 Å². The Bertz CT molecular complexity index is 702. The van der Waals surface area contributed by atoms with Crippen molar-refractivity contribution in [3.63, 3.8) is 0 Å². The quantitative estimate of drug-likeness (QED) is 0.715. The number of ether oxygens (including phenoxy) is 3. The molecule has 0 unspecified atom stereocenters. The summed E-state index contributed by atoms with van der Waals surface area (Å²) in [5.41, 5.74) is 2.23. The minimum atomic E-state index is -0.384. The van der Waals surface area contributed by atoms with E-state index in [1.165, 1.54) is 7.11 Å². The van der Waals surface area contributed by atoms with Gasteiger partial charge in [0.25, 0.3) is 0 Å². The van der Waals surface area contributed by atoms with Crippen molar-refractivity contribution in [2.45, 2.75) is 31.7 Å². The van der Waals surface area contributed by atoms with E-state index < -0.39 is 0 Å². The van der Waals surface area contributed by atoms with Crippen LogP contribution in [-0.4, -0.2) is 43.8 Å². The van der Waals surface area contributed by atoms with Crippen LogP contribution in [-0.2, 0) is 27.4 Å². The van der Waals surface area contributed by atoms with Crippen LogP contribution in [0, 0.1) is 0 Å². The van der Waals surface area contributed by atoms with Crippen LogP contribution in [0.25, 0.3) is 0 Å². The summed E-state index contributed by atoms with van der Waals surface area (Å²) < 4.78 is 16.3. The molecular formula is C21H25NO4. The summed E-state index contributed by atoms with van der Waals surface area (Å²) >= 11 is 0. The van der Waals surface area contributed by atoms with E-state index in [-0.39, 0.29) is 18.1 Å². The van der Waals surface area contributed by atoms with Gasteiger partial charge in [0.1, 0.15) is 11.8 Å². The number of hydrogen-bond acceptors (Lipinski definition) is 5. The highest BCUT2D eigenvalue weighted by Crippen LogP contribution is 2.26. The molecule has 1 aliphatic rings.